The second-order valence-electron chi connectivity index (χ2n) is 3.79. The number of hydrogen-bond donors (Lipinski definition) is 2. The second kappa shape index (κ2) is 6.47. The van der Waals surface area contributed by atoms with Gasteiger partial charge in [-0.05, 0) is 32.0 Å². The third kappa shape index (κ3) is 4.24. The van der Waals surface area contributed by atoms with Gasteiger partial charge in [-0.2, -0.15) is 0 Å². The highest BCUT2D eigenvalue weighted by molar-refractivity contribution is 6.31. The van der Waals surface area contributed by atoms with Crippen molar-refractivity contribution in [3.8, 4) is 5.75 Å². The maximum absolute atomic E-state index is 11.8. The van der Waals surface area contributed by atoms with Crippen molar-refractivity contribution in [1.82, 2.24) is 5.32 Å². The fourth-order valence-corrected chi connectivity index (χ4v) is 1.47. The molecule has 0 heterocycles. The van der Waals surface area contributed by atoms with Crippen LogP contribution in [0.2, 0.25) is 5.02 Å². The molecule has 0 bridgehead atoms. The molecular formula is C12H16ClNO3. The first-order chi connectivity index (χ1) is 8.04. The Morgan fingerprint density at radius 1 is 1.53 bits per heavy atom. The number of halogens is 1. The van der Waals surface area contributed by atoms with Crippen LogP contribution < -0.4 is 10.1 Å². The number of aliphatic hydroxyl groups excluding tert-OH is 1. The average Bonchev–Trinajstić information content (AvgIpc) is 2.27. The van der Waals surface area contributed by atoms with Crippen molar-refractivity contribution in [2.45, 2.75) is 20.0 Å². The molecule has 0 unspecified atom stereocenters. The second-order valence-corrected chi connectivity index (χ2v) is 4.22. The Bertz CT molecular complexity index is 393. The van der Waals surface area contributed by atoms with Crippen LogP contribution in [0, 0.1) is 0 Å². The predicted molar refractivity (Wildman–Crippen MR) is 66.6 cm³/mol. The minimum Gasteiger partial charge on any atom is -0.490 e. The Balaban J connectivity index is 2.93. The Morgan fingerprint density at radius 3 is 2.82 bits per heavy atom. The lowest BCUT2D eigenvalue weighted by Crippen LogP contribution is -2.27. The molecular weight excluding hydrogens is 242 g/mol. The van der Waals surface area contributed by atoms with Crippen LogP contribution in [0.1, 0.15) is 24.2 Å². The topological polar surface area (TPSA) is 58.6 Å². The zero-order chi connectivity index (χ0) is 12.8. The number of carbonyl (C=O) groups is 1. The Hall–Kier alpha value is -1.26. The molecule has 0 saturated heterocycles. The molecule has 0 aromatic heterocycles. The van der Waals surface area contributed by atoms with Crippen molar-refractivity contribution >= 4 is 17.5 Å². The number of carbonyl (C=O) groups excluding carboxylic acids is 1. The van der Waals surface area contributed by atoms with Crippen LogP contribution in [0.3, 0.4) is 0 Å². The van der Waals surface area contributed by atoms with Crippen molar-refractivity contribution in [3.63, 3.8) is 0 Å². The molecule has 1 amide bonds. The third-order valence-electron chi connectivity index (χ3n) is 1.95. The van der Waals surface area contributed by atoms with Crippen molar-refractivity contribution < 1.29 is 14.6 Å². The van der Waals surface area contributed by atoms with E-state index in [4.69, 9.17) is 21.4 Å². The first-order valence-electron chi connectivity index (χ1n) is 5.40. The fourth-order valence-electron chi connectivity index (χ4n) is 1.30. The van der Waals surface area contributed by atoms with Gasteiger partial charge in [0.1, 0.15) is 5.75 Å². The maximum Gasteiger partial charge on any atom is 0.255 e. The van der Waals surface area contributed by atoms with Crippen LogP contribution in [0.15, 0.2) is 18.2 Å². The van der Waals surface area contributed by atoms with Crippen LogP contribution in [-0.4, -0.2) is 30.3 Å². The van der Waals surface area contributed by atoms with E-state index in [1.807, 2.05) is 13.8 Å². The normalized spacial score (nSPS) is 10.4. The largest absolute Gasteiger partial charge is 0.490 e. The van der Waals surface area contributed by atoms with E-state index in [0.29, 0.717) is 16.3 Å². The molecule has 2 N–H and O–H groups in total. The van der Waals surface area contributed by atoms with Crippen LogP contribution >= 0.6 is 11.6 Å². The number of ether oxygens (including phenoxy) is 1. The molecule has 94 valence electrons. The SMILES string of the molecule is CC(C)Oc1ccc(Cl)cc1C(=O)NCCO. The van der Waals surface area contributed by atoms with E-state index < -0.39 is 0 Å². The van der Waals surface area contributed by atoms with Gasteiger partial charge in [0.15, 0.2) is 0 Å². The van der Waals surface area contributed by atoms with Gasteiger partial charge in [0.2, 0.25) is 0 Å². The van der Waals surface area contributed by atoms with E-state index >= 15 is 0 Å². The summed E-state index contributed by atoms with van der Waals surface area (Å²) in [5, 5.41) is 11.7. The summed E-state index contributed by atoms with van der Waals surface area (Å²) < 4.78 is 5.52. The highest BCUT2D eigenvalue weighted by Crippen LogP contribution is 2.23. The molecule has 0 radical (unpaired) electrons. The van der Waals surface area contributed by atoms with Crippen LogP contribution in [0.25, 0.3) is 0 Å². The van der Waals surface area contributed by atoms with Gasteiger partial charge in [0, 0.05) is 11.6 Å². The minimum absolute atomic E-state index is 0.0273. The Labute approximate surface area is 106 Å². The predicted octanol–water partition coefficient (Wildman–Crippen LogP) is 1.85. The van der Waals surface area contributed by atoms with Gasteiger partial charge in [0.05, 0.1) is 18.3 Å². The molecule has 1 aromatic rings. The lowest BCUT2D eigenvalue weighted by molar-refractivity contribution is 0.0939. The fraction of sp³-hybridized carbons (Fsp3) is 0.417. The van der Waals surface area contributed by atoms with Crippen LogP contribution in [-0.2, 0) is 0 Å². The first-order valence-corrected chi connectivity index (χ1v) is 5.77. The summed E-state index contributed by atoms with van der Waals surface area (Å²) in [4.78, 5) is 11.8. The van der Waals surface area contributed by atoms with Crippen molar-refractivity contribution in [2.75, 3.05) is 13.2 Å². The van der Waals surface area contributed by atoms with Gasteiger partial charge in [-0.25, -0.2) is 0 Å². The summed E-state index contributed by atoms with van der Waals surface area (Å²) in [7, 11) is 0. The van der Waals surface area contributed by atoms with Crippen LogP contribution in [0.4, 0.5) is 0 Å². The number of aliphatic hydroxyl groups is 1. The van der Waals surface area contributed by atoms with E-state index in [2.05, 4.69) is 5.32 Å². The van der Waals surface area contributed by atoms with Gasteiger partial charge in [-0.3, -0.25) is 4.79 Å². The van der Waals surface area contributed by atoms with Gasteiger partial charge in [-0.15, -0.1) is 0 Å². The Kier molecular flexibility index (Phi) is 5.25. The smallest absolute Gasteiger partial charge is 0.255 e. The minimum atomic E-state index is -0.308. The van der Waals surface area contributed by atoms with Gasteiger partial charge < -0.3 is 15.2 Å². The number of amides is 1. The molecule has 0 spiro atoms. The number of nitrogens with one attached hydrogen (secondary N) is 1. The zero-order valence-corrected chi connectivity index (χ0v) is 10.6. The lowest BCUT2D eigenvalue weighted by Gasteiger charge is -2.14. The quantitative estimate of drug-likeness (QED) is 0.846. The molecule has 0 aliphatic heterocycles. The van der Waals surface area contributed by atoms with E-state index in [9.17, 15) is 4.79 Å². The van der Waals surface area contributed by atoms with Gasteiger partial charge >= 0.3 is 0 Å². The molecule has 0 fully saturated rings. The van der Waals surface area contributed by atoms with Crippen molar-refractivity contribution in [1.29, 1.82) is 0 Å². The zero-order valence-electron chi connectivity index (χ0n) is 9.87. The summed E-state index contributed by atoms with van der Waals surface area (Å²) in [6.07, 6.45) is -0.0273. The molecule has 4 nitrogen and oxygen atoms in total. The average molecular weight is 258 g/mol. The molecule has 17 heavy (non-hydrogen) atoms. The summed E-state index contributed by atoms with van der Waals surface area (Å²) >= 11 is 5.85. The number of hydrogen-bond acceptors (Lipinski definition) is 3. The monoisotopic (exact) mass is 257 g/mol. The van der Waals surface area contributed by atoms with Gasteiger partial charge in [0.25, 0.3) is 5.91 Å². The van der Waals surface area contributed by atoms with E-state index in [1.165, 1.54) is 0 Å². The summed E-state index contributed by atoms with van der Waals surface area (Å²) in [5.41, 5.74) is 0.375. The van der Waals surface area contributed by atoms with Gasteiger partial charge in [-0.1, -0.05) is 11.6 Å². The molecule has 0 saturated carbocycles. The molecule has 1 rings (SSSR count). The first kappa shape index (κ1) is 13.8. The van der Waals surface area contributed by atoms with Crippen molar-refractivity contribution in [2.24, 2.45) is 0 Å². The van der Waals surface area contributed by atoms with Crippen molar-refractivity contribution in [3.05, 3.63) is 28.8 Å². The molecule has 0 aliphatic carbocycles. The molecule has 1 aromatic carbocycles. The summed E-state index contributed by atoms with van der Waals surface area (Å²) in [5.74, 6) is 0.178. The molecule has 0 atom stereocenters. The van der Waals surface area contributed by atoms with E-state index in [0.717, 1.165) is 0 Å². The highest BCUT2D eigenvalue weighted by Gasteiger charge is 2.13. The maximum atomic E-state index is 11.8. The van der Waals surface area contributed by atoms with E-state index in [1.54, 1.807) is 18.2 Å². The molecule has 0 aliphatic rings. The van der Waals surface area contributed by atoms with Crippen LogP contribution in [0.5, 0.6) is 5.75 Å². The summed E-state index contributed by atoms with van der Waals surface area (Å²) in [6.45, 7) is 3.85. The molecule has 5 heteroatoms. The number of benzene rings is 1. The lowest BCUT2D eigenvalue weighted by atomic mass is 10.2. The summed E-state index contributed by atoms with van der Waals surface area (Å²) in [6, 6.07) is 4.88. The standard InChI is InChI=1S/C12H16ClNO3/c1-8(2)17-11-4-3-9(13)7-10(11)12(16)14-5-6-15/h3-4,7-8,15H,5-6H2,1-2H3,(H,14,16). The van der Waals surface area contributed by atoms with E-state index in [-0.39, 0.29) is 25.2 Å². The highest BCUT2D eigenvalue weighted by atomic mass is 35.5. The number of rotatable bonds is 5. The Morgan fingerprint density at radius 2 is 2.24 bits per heavy atom. The third-order valence-corrected chi connectivity index (χ3v) is 2.18.